The van der Waals surface area contributed by atoms with Crippen LogP contribution < -0.4 is 4.74 Å². The molecule has 0 amide bonds. The van der Waals surface area contributed by atoms with E-state index in [1.165, 1.54) is 0 Å². The van der Waals surface area contributed by atoms with Crippen LogP contribution in [-0.4, -0.2) is 12.2 Å². The van der Waals surface area contributed by atoms with Gasteiger partial charge in [0.05, 0.1) is 7.11 Å². The monoisotopic (exact) mass is 292 g/mol. The molecule has 0 aliphatic rings. The number of aliphatic hydroxyl groups excluding tert-OH is 1. The minimum absolute atomic E-state index is 0.628. The maximum absolute atomic E-state index is 10.3. The maximum Gasteiger partial charge on any atom is 0.120 e. The fourth-order valence-electron chi connectivity index (χ4n) is 1.67. The average molecular weight is 293 g/mol. The van der Waals surface area contributed by atoms with E-state index in [0.29, 0.717) is 0 Å². The van der Waals surface area contributed by atoms with Gasteiger partial charge in [0.15, 0.2) is 0 Å². The third-order valence-corrected chi connectivity index (χ3v) is 3.30. The molecular formula is C14H13BrO2. The molecule has 0 unspecified atom stereocenters. The van der Waals surface area contributed by atoms with Crippen molar-refractivity contribution in [2.24, 2.45) is 0 Å². The third kappa shape index (κ3) is 2.68. The molecule has 1 N–H and O–H groups in total. The van der Waals surface area contributed by atoms with Crippen LogP contribution in [0.5, 0.6) is 5.75 Å². The van der Waals surface area contributed by atoms with Gasteiger partial charge in [-0.15, -0.1) is 0 Å². The smallest absolute Gasteiger partial charge is 0.120 e. The maximum atomic E-state index is 10.3. The lowest BCUT2D eigenvalue weighted by Gasteiger charge is -2.14. The molecule has 0 saturated heterocycles. The lowest BCUT2D eigenvalue weighted by atomic mass is 10.0. The van der Waals surface area contributed by atoms with Crippen LogP contribution in [0.2, 0.25) is 0 Å². The minimum atomic E-state index is -0.628. The zero-order chi connectivity index (χ0) is 12.3. The van der Waals surface area contributed by atoms with Gasteiger partial charge < -0.3 is 9.84 Å². The van der Waals surface area contributed by atoms with Gasteiger partial charge in [-0.1, -0.05) is 52.3 Å². The van der Waals surface area contributed by atoms with Crippen molar-refractivity contribution in [3.63, 3.8) is 0 Å². The first-order chi connectivity index (χ1) is 8.22. The van der Waals surface area contributed by atoms with Gasteiger partial charge in [0, 0.05) is 4.47 Å². The molecule has 0 aliphatic heterocycles. The standard InChI is InChI=1S/C14H13BrO2/c1-17-11-7-8-12(13(15)9-11)14(16)10-5-3-2-4-6-10/h2-9,14,16H,1H3/t14-/m0/s1. The van der Waals surface area contributed by atoms with Crippen LogP contribution >= 0.6 is 15.9 Å². The largest absolute Gasteiger partial charge is 0.497 e. The molecular weight excluding hydrogens is 280 g/mol. The van der Waals surface area contributed by atoms with Crippen molar-refractivity contribution in [2.75, 3.05) is 7.11 Å². The van der Waals surface area contributed by atoms with Gasteiger partial charge in [-0.05, 0) is 23.3 Å². The van der Waals surface area contributed by atoms with Crippen LogP contribution in [-0.2, 0) is 0 Å². The molecule has 0 fully saturated rings. The molecule has 1 atom stereocenters. The van der Waals surface area contributed by atoms with Gasteiger partial charge in [-0.3, -0.25) is 0 Å². The van der Waals surface area contributed by atoms with E-state index in [2.05, 4.69) is 15.9 Å². The first kappa shape index (κ1) is 12.1. The minimum Gasteiger partial charge on any atom is -0.497 e. The number of benzene rings is 2. The topological polar surface area (TPSA) is 29.5 Å². The van der Waals surface area contributed by atoms with Gasteiger partial charge in [0.25, 0.3) is 0 Å². The first-order valence-corrected chi connectivity index (χ1v) is 6.08. The van der Waals surface area contributed by atoms with E-state index in [9.17, 15) is 5.11 Å². The van der Waals surface area contributed by atoms with Crippen molar-refractivity contribution in [1.82, 2.24) is 0 Å². The van der Waals surface area contributed by atoms with E-state index >= 15 is 0 Å². The van der Waals surface area contributed by atoms with Crippen molar-refractivity contribution in [3.8, 4) is 5.75 Å². The van der Waals surface area contributed by atoms with Crippen molar-refractivity contribution in [3.05, 3.63) is 64.1 Å². The summed E-state index contributed by atoms with van der Waals surface area (Å²) >= 11 is 3.45. The molecule has 17 heavy (non-hydrogen) atoms. The summed E-state index contributed by atoms with van der Waals surface area (Å²) in [4.78, 5) is 0. The third-order valence-electron chi connectivity index (χ3n) is 2.62. The Bertz CT molecular complexity index is 497. The van der Waals surface area contributed by atoms with Crippen LogP contribution in [0, 0.1) is 0 Å². The molecule has 2 nitrogen and oxygen atoms in total. The number of hydrogen-bond donors (Lipinski definition) is 1. The predicted molar refractivity (Wildman–Crippen MR) is 71.2 cm³/mol. The molecule has 0 radical (unpaired) electrons. The van der Waals surface area contributed by atoms with E-state index < -0.39 is 6.10 Å². The second-order valence-corrected chi connectivity index (χ2v) is 4.56. The molecule has 2 aromatic rings. The second kappa shape index (κ2) is 5.34. The Morgan fingerprint density at radius 3 is 2.41 bits per heavy atom. The Kier molecular flexibility index (Phi) is 3.82. The van der Waals surface area contributed by atoms with Crippen LogP contribution in [0.15, 0.2) is 53.0 Å². The quantitative estimate of drug-likeness (QED) is 0.938. The molecule has 0 spiro atoms. The molecule has 0 saturated carbocycles. The number of ether oxygens (including phenoxy) is 1. The van der Waals surface area contributed by atoms with Gasteiger partial charge in [0.1, 0.15) is 11.9 Å². The Morgan fingerprint density at radius 2 is 1.82 bits per heavy atom. The lowest BCUT2D eigenvalue weighted by Crippen LogP contribution is -2.00. The normalized spacial score (nSPS) is 12.2. The second-order valence-electron chi connectivity index (χ2n) is 3.70. The molecule has 3 heteroatoms. The Balaban J connectivity index is 2.34. The van der Waals surface area contributed by atoms with Gasteiger partial charge >= 0.3 is 0 Å². The van der Waals surface area contributed by atoms with Crippen molar-refractivity contribution in [2.45, 2.75) is 6.10 Å². The Hall–Kier alpha value is -1.32. The SMILES string of the molecule is COc1ccc([C@@H](O)c2ccccc2)c(Br)c1. The summed E-state index contributed by atoms with van der Waals surface area (Å²) in [6, 6.07) is 15.1. The Labute approximate surface area is 109 Å². The summed E-state index contributed by atoms with van der Waals surface area (Å²) in [7, 11) is 1.62. The molecule has 0 heterocycles. The summed E-state index contributed by atoms with van der Waals surface area (Å²) in [5, 5.41) is 10.3. The van der Waals surface area contributed by atoms with Gasteiger partial charge in [-0.2, -0.15) is 0 Å². The summed E-state index contributed by atoms with van der Waals surface area (Å²) < 4.78 is 5.96. The highest BCUT2D eigenvalue weighted by atomic mass is 79.9. The van der Waals surface area contributed by atoms with Gasteiger partial charge in [-0.25, -0.2) is 0 Å². The average Bonchev–Trinajstić information content (AvgIpc) is 2.39. The van der Waals surface area contributed by atoms with E-state index in [1.54, 1.807) is 7.11 Å². The molecule has 0 bridgehead atoms. The fourth-order valence-corrected chi connectivity index (χ4v) is 2.25. The summed E-state index contributed by atoms with van der Waals surface area (Å²) in [5.74, 6) is 0.765. The zero-order valence-electron chi connectivity index (χ0n) is 9.43. The highest BCUT2D eigenvalue weighted by molar-refractivity contribution is 9.10. The molecule has 2 rings (SSSR count). The van der Waals surface area contributed by atoms with Crippen LogP contribution in [0.25, 0.3) is 0 Å². The van der Waals surface area contributed by atoms with E-state index in [-0.39, 0.29) is 0 Å². The number of halogens is 1. The first-order valence-electron chi connectivity index (χ1n) is 5.29. The summed E-state index contributed by atoms with van der Waals surface area (Å²) in [6.45, 7) is 0. The fraction of sp³-hybridized carbons (Fsp3) is 0.143. The van der Waals surface area contributed by atoms with Crippen LogP contribution in [0.3, 0.4) is 0 Å². The molecule has 88 valence electrons. The van der Waals surface area contributed by atoms with Crippen molar-refractivity contribution >= 4 is 15.9 Å². The predicted octanol–water partition coefficient (Wildman–Crippen LogP) is 3.54. The van der Waals surface area contributed by atoms with Gasteiger partial charge in [0.2, 0.25) is 0 Å². The number of rotatable bonds is 3. The molecule has 0 aromatic heterocycles. The summed E-state index contributed by atoms with van der Waals surface area (Å²) in [6.07, 6.45) is -0.628. The van der Waals surface area contributed by atoms with E-state index in [0.717, 1.165) is 21.3 Å². The lowest BCUT2D eigenvalue weighted by molar-refractivity contribution is 0.219. The molecule has 2 aromatic carbocycles. The van der Waals surface area contributed by atoms with E-state index in [4.69, 9.17) is 4.74 Å². The Morgan fingerprint density at radius 1 is 1.12 bits per heavy atom. The van der Waals surface area contributed by atoms with Crippen LogP contribution in [0.4, 0.5) is 0 Å². The van der Waals surface area contributed by atoms with Crippen molar-refractivity contribution < 1.29 is 9.84 Å². The summed E-state index contributed by atoms with van der Waals surface area (Å²) in [5.41, 5.74) is 1.70. The highest BCUT2D eigenvalue weighted by Crippen LogP contribution is 2.31. The van der Waals surface area contributed by atoms with Crippen LogP contribution in [0.1, 0.15) is 17.2 Å². The van der Waals surface area contributed by atoms with E-state index in [1.807, 2.05) is 48.5 Å². The highest BCUT2D eigenvalue weighted by Gasteiger charge is 2.13. The van der Waals surface area contributed by atoms with Crippen molar-refractivity contribution in [1.29, 1.82) is 0 Å². The number of methoxy groups -OCH3 is 1. The molecule has 0 aliphatic carbocycles. The number of aliphatic hydroxyl groups is 1. The number of hydrogen-bond acceptors (Lipinski definition) is 2. The zero-order valence-corrected chi connectivity index (χ0v) is 11.0.